The van der Waals surface area contributed by atoms with Crippen LogP contribution in [0, 0.1) is 0 Å². The maximum Gasteiger partial charge on any atom is 0.276 e. The molecule has 21 heavy (non-hydrogen) atoms. The summed E-state index contributed by atoms with van der Waals surface area (Å²) in [7, 11) is -4.03. The summed E-state index contributed by atoms with van der Waals surface area (Å²) in [6.07, 6.45) is 0.774. The molecule has 0 aromatic carbocycles. The first-order valence-corrected chi connectivity index (χ1v) is 8.57. The fraction of sp³-hybridized carbons (Fsp3) is 0.692. The van der Waals surface area contributed by atoms with Crippen LogP contribution in [-0.4, -0.2) is 42.0 Å². The second kappa shape index (κ2) is 6.57. The molecular formula is C13H24N4O3S. The molecule has 0 fully saturated rings. The van der Waals surface area contributed by atoms with Crippen LogP contribution >= 0.6 is 0 Å². The van der Waals surface area contributed by atoms with Crippen molar-refractivity contribution in [3.8, 4) is 0 Å². The number of hydrogen-bond donors (Lipinski definition) is 2. The molecule has 0 aliphatic heterocycles. The lowest BCUT2D eigenvalue weighted by atomic mass is 10.1. The molecule has 0 saturated heterocycles. The molecule has 0 saturated carbocycles. The number of amides is 1. The number of hydrogen-bond acceptors (Lipinski definition) is 4. The summed E-state index contributed by atoms with van der Waals surface area (Å²) in [4.78, 5) is 14.0. The Morgan fingerprint density at radius 3 is 2.29 bits per heavy atom. The van der Waals surface area contributed by atoms with Gasteiger partial charge in [-0.1, -0.05) is 20.8 Å². The van der Waals surface area contributed by atoms with E-state index >= 15 is 0 Å². The molecule has 1 rings (SSSR count). The predicted octanol–water partition coefficient (Wildman–Crippen LogP) is 1.44. The van der Waals surface area contributed by atoms with Crippen LogP contribution in [-0.2, 0) is 10.0 Å². The number of nitrogens with zero attached hydrogens (tertiary/aromatic N) is 2. The maximum absolute atomic E-state index is 12.6. The Hall–Kier alpha value is -1.41. The minimum Gasteiger partial charge on any atom is -0.335 e. The number of carbonyl (C=O) groups is 1. The lowest BCUT2D eigenvalue weighted by Gasteiger charge is -2.25. The highest BCUT2D eigenvalue weighted by Crippen LogP contribution is 2.25. The molecular weight excluding hydrogens is 292 g/mol. The minimum atomic E-state index is -4.03. The Labute approximate surface area is 126 Å². The van der Waals surface area contributed by atoms with Gasteiger partial charge in [0.2, 0.25) is 10.0 Å². The largest absolute Gasteiger partial charge is 0.335 e. The summed E-state index contributed by atoms with van der Waals surface area (Å²) in [5.74, 6) is -0.551. The van der Waals surface area contributed by atoms with Gasteiger partial charge >= 0.3 is 0 Å². The van der Waals surface area contributed by atoms with Crippen LogP contribution in [0.5, 0.6) is 0 Å². The van der Waals surface area contributed by atoms with E-state index in [4.69, 9.17) is 5.14 Å². The molecule has 0 bridgehead atoms. The van der Waals surface area contributed by atoms with Crippen molar-refractivity contribution in [2.75, 3.05) is 6.54 Å². The van der Waals surface area contributed by atoms with Crippen molar-refractivity contribution in [3.05, 3.63) is 11.4 Å². The van der Waals surface area contributed by atoms with Gasteiger partial charge in [-0.05, 0) is 26.2 Å². The smallest absolute Gasteiger partial charge is 0.276 e. The third kappa shape index (κ3) is 3.82. The van der Waals surface area contributed by atoms with Crippen molar-refractivity contribution in [2.24, 2.45) is 5.14 Å². The summed E-state index contributed by atoms with van der Waals surface area (Å²) in [5.41, 5.74) is 0.240. The highest BCUT2D eigenvalue weighted by molar-refractivity contribution is 7.89. The number of nitrogens with one attached hydrogen (secondary N) is 1. The molecule has 0 aliphatic carbocycles. The topological polar surface area (TPSA) is 109 Å². The second-order valence-corrected chi connectivity index (χ2v) is 7.11. The Morgan fingerprint density at radius 2 is 1.90 bits per heavy atom. The fourth-order valence-electron chi connectivity index (χ4n) is 2.14. The number of H-pyrrole nitrogens is 1. The number of rotatable bonds is 6. The summed E-state index contributed by atoms with van der Waals surface area (Å²) in [6.45, 7) is 9.85. The zero-order chi connectivity index (χ0) is 16.4. The molecule has 120 valence electrons. The van der Waals surface area contributed by atoms with Crippen molar-refractivity contribution >= 4 is 15.9 Å². The number of carbonyl (C=O) groups excluding carboxylic acids is 1. The molecule has 8 heteroatoms. The summed E-state index contributed by atoms with van der Waals surface area (Å²) >= 11 is 0. The minimum absolute atomic E-state index is 0.0509. The van der Waals surface area contributed by atoms with Gasteiger partial charge in [0.05, 0.1) is 5.69 Å². The van der Waals surface area contributed by atoms with E-state index in [9.17, 15) is 13.2 Å². The lowest BCUT2D eigenvalue weighted by molar-refractivity contribution is 0.0696. The zero-order valence-corrected chi connectivity index (χ0v) is 14.0. The number of primary sulfonamides is 1. The van der Waals surface area contributed by atoms with Gasteiger partial charge in [-0.25, -0.2) is 13.6 Å². The van der Waals surface area contributed by atoms with Gasteiger partial charge in [0.1, 0.15) is 4.90 Å². The van der Waals surface area contributed by atoms with Gasteiger partial charge in [-0.15, -0.1) is 0 Å². The summed E-state index contributed by atoms with van der Waals surface area (Å²) < 4.78 is 23.7. The molecule has 7 nitrogen and oxygen atoms in total. The Bertz CT molecular complexity index is 605. The normalized spacial score (nSPS) is 12.2. The van der Waals surface area contributed by atoms with Crippen LogP contribution < -0.4 is 5.14 Å². The van der Waals surface area contributed by atoms with E-state index < -0.39 is 15.9 Å². The van der Waals surface area contributed by atoms with E-state index in [0.29, 0.717) is 12.2 Å². The van der Waals surface area contributed by atoms with E-state index in [1.807, 2.05) is 34.6 Å². The monoisotopic (exact) mass is 316 g/mol. The average molecular weight is 316 g/mol. The molecule has 0 aliphatic rings. The molecule has 0 unspecified atom stereocenters. The zero-order valence-electron chi connectivity index (χ0n) is 13.2. The van der Waals surface area contributed by atoms with Crippen LogP contribution in [0.2, 0.25) is 0 Å². The molecule has 1 amide bonds. The first kappa shape index (κ1) is 17.6. The highest BCUT2D eigenvalue weighted by atomic mass is 32.2. The molecule has 0 radical (unpaired) electrons. The van der Waals surface area contributed by atoms with E-state index in [1.165, 1.54) is 0 Å². The molecule has 1 heterocycles. The Balaban J connectivity index is 3.40. The van der Waals surface area contributed by atoms with E-state index in [2.05, 4.69) is 10.2 Å². The van der Waals surface area contributed by atoms with Gasteiger partial charge in [0.15, 0.2) is 5.69 Å². The highest BCUT2D eigenvalue weighted by Gasteiger charge is 2.31. The van der Waals surface area contributed by atoms with Gasteiger partial charge in [-0.2, -0.15) is 5.10 Å². The first-order chi connectivity index (χ1) is 9.61. The second-order valence-electron chi connectivity index (χ2n) is 5.61. The number of sulfonamides is 1. The molecule has 0 spiro atoms. The molecule has 1 aromatic heterocycles. The van der Waals surface area contributed by atoms with E-state index in [-0.39, 0.29) is 22.5 Å². The van der Waals surface area contributed by atoms with Gasteiger partial charge in [-0.3, -0.25) is 9.89 Å². The number of nitrogens with two attached hydrogens (primary N) is 1. The number of aromatic amines is 1. The predicted molar refractivity (Wildman–Crippen MR) is 80.5 cm³/mol. The average Bonchev–Trinajstić information content (AvgIpc) is 2.79. The van der Waals surface area contributed by atoms with Gasteiger partial charge in [0.25, 0.3) is 5.91 Å². The van der Waals surface area contributed by atoms with E-state index in [1.54, 1.807) is 4.90 Å². The van der Waals surface area contributed by atoms with Crippen LogP contribution in [0.3, 0.4) is 0 Å². The quantitative estimate of drug-likeness (QED) is 0.827. The fourth-order valence-corrected chi connectivity index (χ4v) is 3.13. The van der Waals surface area contributed by atoms with Gasteiger partial charge in [0, 0.05) is 12.6 Å². The number of aromatic nitrogens is 2. The van der Waals surface area contributed by atoms with Crippen LogP contribution in [0.4, 0.5) is 0 Å². The standard InChI is InChI=1S/C13H24N4O3S/c1-6-7-17(9(4)5)13(18)11-12(21(14,19)20)10(8(2)3)15-16-11/h8-9H,6-7H2,1-5H3,(H,15,16)(H2,14,19,20). The SMILES string of the molecule is CCCN(C(=O)c1n[nH]c(C(C)C)c1S(N)(=O)=O)C(C)C. The Kier molecular flexibility index (Phi) is 5.52. The van der Waals surface area contributed by atoms with Gasteiger partial charge < -0.3 is 4.90 Å². The summed E-state index contributed by atoms with van der Waals surface area (Å²) in [6, 6.07) is -0.0509. The van der Waals surface area contributed by atoms with Crippen LogP contribution in [0.15, 0.2) is 4.90 Å². The Morgan fingerprint density at radius 1 is 1.33 bits per heavy atom. The molecule has 0 atom stereocenters. The van der Waals surface area contributed by atoms with Crippen molar-refractivity contribution in [2.45, 2.75) is 57.9 Å². The van der Waals surface area contributed by atoms with Crippen LogP contribution in [0.25, 0.3) is 0 Å². The van der Waals surface area contributed by atoms with Crippen molar-refractivity contribution in [1.82, 2.24) is 15.1 Å². The molecule has 1 aromatic rings. The van der Waals surface area contributed by atoms with Crippen molar-refractivity contribution in [1.29, 1.82) is 0 Å². The maximum atomic E-state index is 12.6. The van der Waals surface area contributed by atoms with Crippen molar-refractivity contribution < 1.29 is 13.2 Å². The third-order valence-electron chi connectivity index (χ3n) is 3.16. The summed E-state index contributed by atoms with van der Waals surface area (Å²) in [5, 5.41) is 11.8. The first-order valence-electron chi connectivity index (χ1n) is 7.03. The molecule has 3 N–H and O–H groups in total. The third-order valence-corrected chi connectivity index (χ3v) is 4.14. The lowest BCUT2D eigenvalue weighted by Crippen LogP contribution is -2.38. The van der Waals surface area contributed by atoms with Crippen LogP contribution in [0.1, 0.15) is 63.1 Å². The van der Waals surface area contributed by atoms with E-state index in [0.717, 1.165) is 6.42 Å². The van der Waals surface area contributed by atoms with Crippen molar-refractivity contribution in [3.63, 3.8) is 0 Å².